The van der Waals surface area contributed by atoms with Gasteiger partial charge in [0.05, 0.1) is 11.6 Å². The number of rotatable bonds is 7. The van der Waals surface area contributed by atoms with Crippen LogP contribution in [0.4, 0.5) is 5.69 Å². The number of allylic oxidation sites excluding steroid dienone is 1. The highest BCUT2D eigenvalue weighted by Gasteiger charge is 2.43. The minimum Gasteiger partial charge on any atom is -0.371 e. The van der Waals surface area contributed by atoms with E-state index in [1.54, 1.807) is 0 Å². The zero-order valence-electron chi connectivity index (χ0n) is 24.2. The number of aryl methyl sites for hydroxylation is 1. The summed E-state index contributed by atoms with van der Waals surface area (Å²) in [6.07, 6.45) is 9.79. The van der Waals surface area contributed by atoms with E-state index in [1.807, 2.05) is 12.1 Å². The van der Waals surface area contributed by atoms with Crippen LogP contribution in [0.2, 0.25) is 0 Å². The van der Waals surface area contributed by atoms with Crippen molar-refractivity contribution in [3.05, 3.63) is 64.2 Å². The van der Waals surface area contributed by atoms with Gasteiger partial charge in [0.2, 0.25) is 0 Å². The summed E-state index contributed by atoms with van der Waals surface area (Å²) in [6, 6.07) is 16.7. The maximum Gasteiger partial charge on any atom is 0.0991 e. The summed E-state index contributed by atoms with van der Waals surface area (Å²) >= 11 is 0. The maximum absolute atomic E-state index is 9.28. The number of anilines is 1. The first-order chi connectivity index (χ1) is 18.9. The molecule has 3 fully saturated rings. The molecular weight excluding hydrogens is 478 g/mol. The van der Waals surface area contributed by atoms with E-state index in [4.69, 9.17) is 0 Å². The van der Waals surface area contributed by atoms with Gasteiger partial charge in [-0.15, -0.1) is 0 Å². The van der Waals surface area contributed by atoms with E-state index in [9.17, 15) is 5.26 Å². The first kappa shape index (κ1) is 26.6. The van der Waals surface area contributed by atoms with Gasteiger partial charge in [0, 0.05) is 69.1 Å². The number of fused-ring (bicyclic) bond motifs is 1. The molecule has 0 unspecified atom stereocenters. The average molecular weight is 524 g/mol. The molecule has 2 aliphatic heterocycles. The zero-order chi connectivity index (χ0) is 27.0. The number of nitrogens with one attached hydrogen (secondary N) is 1. The number of benzene rings is 2. The molecule has 0 aromatic heterocycles. The zero-order valence-corrected chi connectivity index (χ0v) is 24.2. The van der Waals surface area contributed by atoms with Crippen LogP contribution >= 0.6 is 0 Å². The van der Waals surface area contributed by atoms with Crippen molar-refractivity contribution < 1.29 is 0 Å². The Bertz CT molecular complexity index is 1250. The summed E-state index contributed by atoms with van der Waals surface area (Å²) in [5.74, 6) is 0. The molecule has 39 heavy (non-hydrogen) atoms. The monoisotopic (exact) mass is 523 g/mol. The molecular formula is C34H45N5. The highest BCUT2D eigenvalue weighted by atomic mass is 15.3. The predicted molar refractivity (Wildman–Crippen MR) is 162 cm³/mol. The molecule has 0 bridgehead atoms. The molecule has 5 heteroatoms. The molecule has 206 valence electrons. The van der Waals surface area contributed by atoms with Gasteiger partial charge in [-0.05, 0) is 111 Å². The summed E-state index contributed by atoms with van der Waals surface area (Å²) in [4.78, 5) is 8.04. The SMILES string of the molecule is Cc1ccc(N2CCC(NCC3(N4CCN(C(C)C)CC4)CCC3)CC2)cc1C1=Cc2cc(C#N)ccc2C1. The van der Waals surface area contributed by atoms with Crippen LogP contribution in [0.15, 0.2) is 36.4 Å². The Morgan fingerprint density at radius 2 is 1.77 bits per heavy atom. The molecule has 1 N–H and O–H groups in total. The number of piperazine rings is 1. The number of nitrogens with zero attached hydrogens (tertiary/aromatic N) is 4. The van der Waals surface area contributed by atoms with Crippen molar-refractivity contribution in [1.82, 2.24) is 15.1 Å². The van der Waals surface area contributed by atoms with E-state index in [2.05, 4.69) is 77.2 Å². The van der Waals surface area contributed by atoms with Crippen LogP contribution < -0.4 is 10.2 Å². The van der Waals surface area contributed by atoms with Crippen molar-refractivity contribution in [3.63, 3.8) is 0 Å². The van der Waals surface area contributed by atoms with Crippen LogP contribution in [0.1, 0.15) is 73.8 Å². The van der Waals surface area contributed by atoms with Gasteiger partial charge in [0.25, 0.3) is 0 Å². The quantitative estimate of drug-likeness (QED) is 0.521. The molecule has 0 amide bonds. The first-order valence-corrected chi connectivity index (χ1v) is 15.3. The Labute approximate surface area is 235 Å². The van der Waals surface area contributed by atoms with Crippen molar-refractivity contribution in [2.45, 2.75) is 76.9 Å². The van der Waals surface area contributed by atoms with E-state index >= 15 is 0 Å². The molecule has 2 aromatic carbocycles. The Hall–Kier alpha value is -2.65. The maximum atomic E-state index is 9.28. The molecule has 0 spiro atoms. The Balaban J connectivity index is 1.05. The lowest BCUT2D eigenvalue weighted by molar-refractivity contribution is -0.0252. The van der Waals surface area contributed by atoms with Crippen molar-refractivity contribution in [2.75, 3.05) is 50.7 Å². The predicted octanol–water partition coefficient (Wildman–Crippen LogP) is 5.47. The van der Waals surface area contributed by atoms with Gasteiger partial charge in [-0.1, -0.05) is 18.2 Å². The third-order valence-electron chi connectivity index (χ3n) is 10.1. The summed E-state index contributed by atoms with van der Waals surface area (Å²) in [5.41, 5.74) is 9.08. The summed E-state index contributed by atoms with van der Waals surface area (Å²) in [5, 5.41) is 13.3. The van der Waals surface area contributed by atoms with Gasteiger partial charge in [-0.25, -0.2) is 0 Å². The van der Waals surface area contributed by atoms with Crippen molar-refractivity contribution >= 4 is 17.3 Å². The van der Waals surface area contributed by atoms with Crippen LogP contribution in [0, 0.1) is 18.3 Å². The van der Waals surface area contributed by atoms with E-state index in [0.717, 1.165) is 31.6 Å². The third-order valence-corrected chi connectivity index (χ3v) is 10.1. The largest absolute Gasteiger partial charge is 0.371 e. The van der Waals surface area contributed by atoms with Crippen LogP contribution in [0.25, 0.3) is 11.6 Å². The van der Waals surface area contributed by atoms with E-state index in [0.29, 0.717) is 17.6 Å². The van der Waals surface area contributed by atoms with Gasteiger partial charge in [0.15, 0.2) is 0 Å². The van der Waals surface area contributed by atoms with E-state index in [-0.39, 0.29) is 0 Å². The lowest BCUT2D eigenvalue weighted by Crippen LogP contribution is -2.65. The number of piperidine rings is 1. The van der Waals surface area contributed by atoms with Gasteiger partial charge >= 0.3 is 0 Å². The first-order valence-electron chi connectivity index (χ1n) is 15.3. The fourth-order valence-electron chi connectivity index (χ4n) is 7.31. The van der Waals surface area contributed by atoms with Crippen molar-refractivity contribution in [3.8, 4) is 6.07 Å². The lowest BCUT2D eigenvalue weighted by atomic mass is 9.74. The molecule has 2 heterocycles. The minimum atomic E-state index is 0.409. The fraction of sp³-hybridized carbons (Fsp3) is 0.559. The average Bonchev–Trinajstić information content (AvgIpc) is 3.36. The molecule has 1 saturated carbocycles. The summed E-state index contributed by atoms with van der Waals surface area (Å²) in [6.45, 7) is 15.2. The molecule has 2 aromatic rings. The van der Waals surface area contributed by atoms with Gasteiger partial charge in [0.1, 0.15) is 0 Å². The molecule has 0 radical (unpaired) electrons. The van der Waals surface area contributed by atoms with Crippen molar-refractivity contribution in [1.29, 1.82) is 5.26 Å². The van der Waals surface area contributed by atoms with E-state index < -0.39 is 0 Å². The molecule has 2 saturated heterocycles. The topological polar surface area (TPSA) is 45.5 Å². The number of nitriles is 1. The molecule has 4 aliphatic rings. The smallest absolute Gasteiger partial charge is 0.0991 e. The molecule has 2 aliphatic carbocycles. The molecule has 0 atom stereocenters. The van der Waals surface area contributed by atoms with Crippen LogP contribution in [-0.4, -0.2) is 73.2 Å². The fourth-order valence-corrected chi connectivity index (χ4v) is 7.31. The molecule has 6 rings (SSSR count). The van der Waals surface area contributed by atoms with Gasteiger partial charge < -0.3 is 10.2 Å². The Morgan fingerprint density at radius 3 is 2.44 bits per heavy atom. The molecule has 5 nitrogen and oxygen atoms in total. The highest BCUT2D eigenvalue weighted by Crippen LogP contribution is 2.39. The van der Waals surface area contributed by atoms with Gasteiger partial charge in [-0.3, -0.25) is 9.80 Å². The normalized spacial score (nSPS) is 21.9. The lowest BCUT2D eigenvalue weighted by Gasteiger charge is -2.54. The van der Waals surface area contributed by atoms with Crippen LogP contribution in [-0.2, 0) is 6.42 Å². The minimum absolute atomic E-state index is 0.409. The van der Waals surface area contributed by atoms with Crippen LogP contribution in [0.5, 0.6) is 0 Å². The number of hydrogen-bond donors (Lipinski definition) is 1. The Kier molecular flexibility index (Phi) is 7.55. The van der Waals surface area contributed by atoms with Crippen molar-refractivity contribution in [2.24, 2.45) is 0 Å². The second-order valence-corrected chi connectivity index (χ2v) is 12.7. The Morgan fingerprint density at radius 1 is 1.00 bits per heavy atom. The second-order valence-electron chi connectivity index (χ2n) is 12.7. The third kappa shape index (κ3) is 5.40. The summed E-state index contributed by atoms with van der Waals surface area (Å²) in [7, 11) is 0. The second kappa shape index (κ2) is 11.1. The van der Waals surface area contributed by atoms with E-state index in [1.165, 1.54) is 91.8 Å². The summed E-state index contributed by atoms with van der Waals surface area (Å²) < 4.78 is 0. The standard InChI is InChI=1S/C34H45N5/c1-25(2)37-15-17-39(18-16-37)34(11-4-12-34)24-36-31-9-13-38(14-10-31)32-8-5-26(3)33(22-32)30-20-28-7-6-27(23-35)19-29(28)21-30/h5-8,19,21-22,25,31,36H,4,9-18,20,24H2,1-3H3. The van der Waals surface area contributed by atoms with Crippen LogP contribution in [0.3, 0.4) is 0 Å². The van der Waals surface area contributed by atoms with Gasteiger partial charge in [-0.2, -0.15) is 5.26 Å². The number of hydrogen-bond acceptors (Lipinski definition) is 5. The highest BCUT2D eigenvalue weighted by molar-refractivity contribution is 5.90.